The van der Waals surface area contributed by atoms with Crippen molar-refractivity contribution in [3.05, 3.63) is 102 Å². The first kappa shape index (κ1) is 18.9. The van der Waals surface area contributed by atoms with Gasteiger partial charge in [0.1, 0.15) is 0 Å². The van der Waals surface area contributed by atoms with Gasteiger partial charge in [0, 0.05) is 29.6 Å². The lowest BCUT2D eigenvalue weighted by atomic mass is 9.88. The Morgan fingerprint density at radius 3 is 1.86 bits per heavy atom. The number of benzene rings is 3. The van der Waals surface area contributed by atoms with Crippen molar-refractivity contribution in [1.29, 1.82) is 0 Å². The Hall–Kier alpha value is -3.40. The first-order valence-corrected chi connectivity index (χ1v) is 10.00. The fraction of sp³-hybridized carbons (Fsp3) is 0.200. The van der Waals surface area contributed by atoms with E-state index < -0.39 is 0 Å². The van der Waals surface area contributed by atoms with Crippen LogP contribution in [0.25, 0.3) is 0 Å². The Balaban J connectivity index is 1.43. The zero-order valence-electron chi connectivity index (χ0n) is 16.2. The quantitative estimate of drug-likeness (QED) is 0.618. The number of nitrogens with one attached hydrogen (secondary N) is 2. The lowest BCUT2D eigenvalue weighted by molar-refractivity contribution is -0.116. The highest BCUT2D eigenvalue weighted by molar-refractivity contribution is 5.96. The maximum absolute atomic E-state index is 12.8. The summed E-state index contributed by atoms with van der Waals surface area (Å²) >= 11 is 0. The molecule has 4 rings (SSSR count). The van der Waals surface area contributed by atoms with Gasteiger partial charge in [-0.25, -0.2) is 0 Å². The van der Waals surface area contributed by atoms with Crippen molar-refractivity contribution < 1.29 is 9.59 Å². The van der Waals surface area contributed by atoms with Crippen LogP contribution in [-0.4, -0.2) is 17.9 Å². The van der Waals surface area contributed by atoms with Crippen molar-refractivity contribution in [2.24, 2.45) is 0 Å². The second-order valence-electron chi connectivity index (χ2n) is 7.45. The van der Waals surface area contributed by atoms with Gasteiger partial charge in [0.2, 0.25) is 5.91 Å². The number of anilines is 1. The molecular weight excluding hydrogens is 360 g/mol. The van der Waals surface area contributed by atoms with E-state index in [1.54, 1.807) is 24.3 Å². The highest BCUT2D eigenvalue weighted by atomic mass is 16.2. The zero-order chi connectivity index (χ0) is 20.1. The van der Waals surface area contributed by atoms with Crippen LogP contribution in [-0.2, 0) is 4.79 Å². The fourth-order valence-corrected chi connectivity index (χ4v) is 3.40. The van der Waals surface area contributed by atoms with E-state index in [0.29, 0.717) is 23.7 Å². The number of carbonyl (C=O) groups is 2. The summed E-state index contributed by atoms with van der Waals surface area (Å²) in [5.74, 6) is -0.127. The Bertz CT molecular complexity index is 925. The topological polar surface area (TPSA) is 58.2 Å². The van der Waals surface area contributed by atoms with E-state index in [1.165, 1.54) is 0 Å². The van der Waals surface area contributed by atoms with Gasteiger partial charge in [-0.1, -0.05) is 60.7 Å². The lowest BCUT2D eigenvalue weighted by Crippen LogP contribution is -2.25. The molecule has 4 nitrogen and oxygen atoms in total. The molecule has 0 saturated heterocycles. The van der Waals surface area contributed by atoms with Gasteiger partial charge in [-0.15, -0.1) is 0 Å². The monoisotopic (exact) mass is 384 g/mol. The van der Waals surface area contributed by atoms with Crippen molar-refractivity contribution in [3.63, 3.8) is 0 Å². The van der Waals surface area contributed by atoms with Crippen LogP contribution < -0.4 is 10.6 Å². The molecule has 146 valence electrons. The predicted octanol–water partition coefficient (Wildman–Crippen LogP) is 4.74. The maximum Gasteiger partial charge on any atom is 0.251 e. The normalized spacial score (nSPS) is 13.1. The smallest absolute Gasteiger partial charge is 0.251 e. The van der Waals surface area contributed by atoms with Gasteiger partial charge in [-0.05, 0) is 48.2 Å². The first-order valence-electron chi connectivity index (χ1n) is 10.00. The summed E-state index contributed by atoms with van der Waals surface area (Å²) in [4.78, 5) is 24.8. The molecule has 0 unspecified atom stereocenters. The van der Waals surface area contributed by atoms with E-state index in [9.17, 15) is 9.59 Å². The predicted molar refractivity (Wildman–Crippen MR) is 115 cm³/mol. The van der Waals surface area contributed by atoms with Gasteiger partial charge in [-0.2, -0.15) is 0 Å². The molecule has 2 N–H and O–H groups in total. The van der Waals surface area contributed by atoms with Crippen LogP contribution in [0.2, 0.25) is 0 Å². The van der Waals surface area contributed by atoms with Gasteiger partial charge in [0.05, 0.1) is 0 Å². The second-order valence-corrected chi connectivity index (χ2v) is 7.45. The van der Waals surface area contributed by atoms with Crippen molar-refractivity contribution in [3.8, 4) is 0 Å². The molecule has 0 atom stereocenters. The summed E-state index contributed by atoms with van der Waals surface area (Å²) < 4.78 is 0. The van der Waals surface area contributed by atoms with Crippen LogP contribution in [0.1, 0.15) is 46.7 Å². The van der Waals surface area contributed by atoms with Crippen LogP contribution in [0.5, 0.6) is 0 Å². The molecule has 0 aromatic heterocycles. The molecule has 0 radical (unpaired) electrons. The van der Waals surface area contributed by atoms with Crippen LogP contribution in [0.3, 0.4) is 0 Å². The second kappa shape index (κ2) is 8.74. The molecule has 3 aromatic rings. The molecular formula is C25H24N2O2. The lowest BCUT2D eigenvalue weighted by Gasteiger charge is -2.18. The average molecular weight is 384 g/mol. The van der Waals surface area contributed by atoms with Gasteiger partial charge >= 0.3 is 0 Å². The van der Waals surface area contributed by atoms with E-state index >= 15 is 0 Å². The number of amides is 2. The first-order chi connectivity index (χ1) is 14.2. The molecule has 29 heavy (non-hydrogen) atoms. The minimum atomic E-state index is -0.0575. The van der Waals surface area contributed by atoms with Crippen LogP contribution in [0.15, 0.2) is 84.9 Å². The standard InChI is InChI=1S/C25H24N2O2/c28-24(26-21-13-11-20(12-14-21)25(29)27-22-15-16-22)17-23(18-7-3-1-4-8-18)19-9-5-2-6-10-19/h1-14,22-23H,15-17H2,(H,26,28)(H,27,29). The molecule has 0 spiro atoms. The van der Waals surface area contributed by atoms with Gasteiger partial charge in [0.15, 0.2) is 0 Å². The third kappa shape index (κ3) is 5.11. The Kier molecular flexibility index (Phi) is 5.71. The molecule has 0 aliphatic heterocycles. The van der Waals surface area contributed by atoms with Crippen molar-refractivity contribution in [1.82, 2.24) is 5.32 Å². The van der Waals surface area contributed by atoms with Gasteiger partial charge < -0.3 is 10.6 Å². The van der Waals surface area contributed by atoms with Crippen LogP contribution >= 0.6 is 0 Å². The molecule has 0 bridgehead atoms. The molecule has 3 aromatic carbocycles. The van der Waals surface area contributed by atoms with E-state index in [0.717, 1.165) is 24.0 Å². The number of rotatable bonds is 7. The molecule has 4 heteroatoms. The largest absolute Gasteiger partial charge is 0.349 e. The van der Waals surface area contributed by atoms with Crippen molar-refractivity contribution >= 4 is 17.5 Å². The Morgan fingerprint density at radius 2 is 1.34 bits per heavy atom. The number of hydrogen-bond acceptors (Lipinski definition) is 2. The van der Waals surface area contributed by atoms with Crippen molar-refractivity contribution in [2.75, 3.05) is 5.32 Å². The summed E-state index contributed by atoms with van der Waals surface area (Å²) in [6.45, 7) is 0. The third-order valence-electron chi connectivity index (χ3n) is 5.14. The Morgan fingerprint density at radius 1 is 0.793 bits per heavy atom. The molecule has 2 amide bonds. The van der Waals surface area contributed by atoms with E-state index in [4.69, 9.17) is 0 Å². The minimum absolute atomic E-state index is 0.0130. The molecule has 1 saturated carbocycles. The SMILES string of the molecule is O=C(CC(c1ccccc1)c1ccccc1)Nc1ccc(C(=O)NC2CC2)cc1. The average Bonchev–Trinajstić information content (AvgIpc) is 3.58. The minimum Gasteiger partial charge on any atom is -0.349 e. The van der Waals surface area contributed by atoms with E-state index in [2.05, 4.69) is 34.9 Å². The Labute approximate surface area is 171 Å². The summed E-state index contributed by atoms with van der Waals surface area (Å²) in [7, 11) is 0. The van der Waals surface area contributed by atoms with E-state index in [1.807, 2.05) is 36.4 Å². The summed E-state index contributed by atoms with van der Waals surface area (Å²) in [5, 5.41) is 5.93. The van der Waals surface area contributed by atoms with Crippen molar-refractivity contribution in [2.45, 2.75) is 31.2 Å². The highest BCUT2D eigenvalue weighted by Gasteiger charge is 2.23. The fourth-order valence-electron chi connectivity index (χ4n) is 3.40. The summed E-state index contributed by atoms with van der Waals surface area (Å²) in [6.07, 6.45) is 2.46. The number of carbonyl (C=O) groups excluding carboxylic acids is 2. The van der Waals surface area contributed by atoms with Crippen LogP contribution in [0, 0.1) is 0 Å². The molecule has 1 fully saturated rings. The maximum atomic E-state index is 12.8. The zero-order valence-corrected chi connectivity index (χ0v) is 16.2. The van der Waals surface area contributed by atoms with Gasteiger partial charge in [-0.3, -0.25) is 9.59 Å². The highest BCUT2D eigenvalue weighted by Crippen LogP contribution is 2.28. The molecule has 1 aliphatic carbocycles. The number of hydrogen-bond donors (Lipinski definition) is 2. The third-order valence-corrected chi connectivity index (χ3v) is 5.14. The summed E-state index contributed by atoms with van der Waals surface area (Å²) in [6, 6.07) is 27.5. The van der Waals surface area contributed by atoms with E-state index in [-0.39, 0.29) is 17.7 Å². The molecule has 0 heterocycles. The summed E-state index contributed by atoms with van der Waals surface area (Å²) in [5.41, 5.74) is 3.53. The van der Waals surface area contributed by atoms with Crippen LogP contribution in [0.4, 0.5) is 5.69 Å². The molecule has 1 aliphatic rings. The van der Waals surface area contributed by atoms with Gasteiger partial charge in [0.25, 0.3) is 5.91 Å².